The van der Waals surface area contributed by atoms with Crippen LogP contribution in [0.15, 0.2) is 35.8 Å². The third-order valence-electron chi connectivity index (χ3n) is 5.13. The van der Waals surface area contributed by atoms with E-state index in [0.717, 1.165) is 44.9 Å². The van der Waals surface area contributed by atoms with Crippen molar-refractivity contribution >= 4 is 5.97 Å². The molecule has 1 aliphatic rings. The fourth-order valence-corrected chi connectivity index (χ4v) is 3.34. The molecule has 0 radical (unpaired) electrons. The topological polar surface area (TPSA) is 96.2 Å². The maximum absolute atomic E-state index is 11.2. The zero-order chi connectivity index (χ0) is 22.2. The fraction of sp³-hybridized carbons (Fsp3) is 0.708. The number of cyclic esters (lactones) is 1. The zero-order valence-corrected chi connectivity index (χ0v) is 18.6. The summed E-state index contributed by atoms with van der Waals surface area (Å²) in [4.78, 5) is 11.2. The van der Waals surface area contributed by atoms with Gasteiger partial charge in [0.2, 0.25) is 5.76 Å². The minimum Gasteiger partial charge on any atom is -0.505 e. The SMILES string of the molecule is CCCCC/C=C\C/C=C\CCCCC(CCC)OC[C@H](O)[C@H]1OC(=O)C(O)=C1O. The number of carbonyl (C=O) groups is 1. The quantitative estimate of drug-likeness (QED) is 0.164. The minimum absolute atomic E-state index is 0.0107. The van der Waals surface area contributed by atoms with E-state index >= 15 is 0 Å². The summed E-state index contributed by atoms with van der Waals surface area (Å²) < 4.78 is 10.6. The Hall–Kier alpha value is -1.79. The third kappa shape index (κ3) is 10.3. The molecule has 1 rings (SSSR count). The van der Waals surface area contributed by atoms with Gasteiger partial charge in [-0.3, -0.25) is 0 Å². The van der Waals surface area contributed by atoms with Crippen LogP contribution in [0, 0.1) is 0 Å². The molecular formula is C24H40O6. The molecule has 0 aromatic carbocycles. The van der Waals surface area contributed by atoms with Gasteiger partial charge in [-0.25, -0.2) is 4.79 Å². The van der Waals surface area contributed by atoms with Crippen LogP contribution in [0.2, 0.25) is 0 Å². The number of aliphatic hydroxyl groups is 3. The lowest BCUT2D eigenvalue weighted by Gasteiger charge is -2.22. The van der Waals surface area contributed by atoms with Crippen molar-refractivity contribution in [3.63, 3.8) is 0 Å². The van der Waals surface area contributed by atoms with Gasteiger partial charge in [0, 0.05) is 0 Å². The largest absolute Gasteiger partial charge is 0.505 e. The first-order valence-electron chi connectivity index (χ1n) is 11.4. The van der Waals surface area contributed by atoms with Crippen LogP contribution in [0.4, 0.5) is 0 Å². The average molecular weight is 425 g/mol. The molecule has 0 aromatic rings. The van der Waals surface area contributed by atoms with Gasteiger partial charge >= 0.3 is 5.97 Å². The number of allylic oxidation sites excluding steroid dienone is 4. The van der Waals surface area contributed by atoms with Gasteiger partial charge in [-0.05, 0) is 44.9 Å². The molecule has 6 heteroatoms. The van der Waals surface area contributed by atoms with Gasteiger partial charge in [-0.2, -0.15) is 0 Å². The molecule has 3 N–H and O–H groups in total. The predicted octanol–water partition coefficient (Wildman–Crippen LogP) is 5.43. The molecule has 0 spiro atoms. The number of aliphatic hydroxyl groups excluding tert-OH is 3. The van der Waals surface area contributed by atoms with Crippen LogP contribution in [-0.2, 0) is 14.3 Å². The molecule has 0 aliphatic carbocycles. The number of ether oxygens (including phenoxy) is 2. The Morgan fingerprint density at radius 2 is 1.63 bits per heavy atom. The van der Waals surface area contributed by atoms with E-state index in [-0.39, 0.29) is 12.7 Å². The van der Waals surface area contributed by atoms with Crippen molar-refractivity contribution in [2.24, 2.45) is 0 Å². The molecule has 6 nitrogen and oxygen atoms in total. The molecule has 172 valence electrons. The molecule has 0 saturated carbocycles. The van der Waals surface area contributed by atoms with E-state index in [2.05, 4.69) is 38.2 Å². The van der Waals surface area contributed by atoms with Crippen LogP contribution >= 0.6 is 0 Å². The molecule has 1 aliphatic heterocycles. The summed E-state index contributed by atoms with van der Waals surface area (Å²) in [5, 5.41) is 29.1. The molecule has 3 atom stereocenters. The van der Waals surface area contributed by atoms with Gasteiger partial charge in [0.15, 0.2) is 11.9 Å². The second-order valence-electron chi connectivity index (χ2n) is 7.83. The molecule has 30 heavy (non-hydrogen) atoms. The average Bonchev–Trinajstić information content (AvgIpc) is 2.99. The highest BCUT2D eigenvalue weighted by Crippen LogP contribution is 2.22. The van der Waals surface area contributed by atoms with Gasteiger partial charge in [-0.15, -0.1) is 0 Å². The highest BCUT2D eigenvalue weighted by Gasteiger charge is 2.39. The highest BCUT2D eigenvalue weighted by atomic mass is 16.6. The summed E-state index contributed by atoms with van der Waals surface area (Å²) in [6.45, 7) is 4.23. The molecule has 0 aromatic heterocycles. The lowest BCUT2D eigenvalue weighted by atomic mass is 10.1. The number of esters is 1. The van der Waals surface area contributed by atoms with Crippen molar-refractivity contribution in [1.82, 2.24) is 0 Å². The molecular weight excluding hydrogens is 384 g/mol. The normalized spacial score (nSPS) is 19.2. The van der Waals surface area contributed by atoms with Crippen molar-refractivity contribution in [1.29, 1.82) is 0 Å². The lowest BCUT2D eigenvalue weighted by Crippen LogP contribution is -2.34. The number of rotatable bonds is 17. The summed E-state index contributed by atoms with van der Waals surface area (Å²) in [7, 11) is 0. The molecule has 1 unspecified atom stereocenters. The summed E-state index contributed by atoms with van der Waals surface area (Å²) in [5.41, 5.74) is 0. The first-order chi connectivity index (χ1) is 14.5. The van der Waals surface area contributed by atoms with E-state index in [4.69, 9.17) is 9.47 Å². The number of hydrogen-bond donors (Lipinski definition) is 3. The predicted molar refractivity (Wildman–Crippen MR) is 118 cm³/mol. The van der Waals surface area contributed by atoms with Gasteiger partial charge in [0.25, 0.3) is 0 Å². The number of hydrogen-bond acceptors (Lipinski definition) is 6. The van der Waals surface area contributed by atoms with Gasteiger partial charge in [-0.1, -0.05) is 63.8 Å². The van der Waals surface area contributed by atoms with E-state index in [9.17, 15) is 20.1 Å². The Balaban J connectivity index is 2.19. The summed E-state index contributed by atoms with van der Waals surface area (Å²) in [6, 6.07) is 0. The highest BCUT2D eigenvalue weighted by molar-refractivity contribution is 5.89. The molecule has 0 saturated heterocycles. The molecule has 0 amide bonds. The Bertz CT molecular complexity index is 566. The summed E-state index contributed by atoms with van der Waals surface area (Å²) in [6.07, 6.45) is 18.4. The van der Waals surface area contributed by atoms with Gasteiger partial charge in [0.1, 0.15) is 6.10 Å². The zero-order valence-electron chi connectivity index (χ0n) is 18.6. The van der Waals surface area contributed by atoms with Crippen LogP contribution in [0.3, 0.4) is 0 Å². The summed E-state index contributed by atoms with van der Waals surface area (Å²) in [5.74, 6) is -2.50. The maximum atomic E-state index is 11.2. The Kier molecular flexibility index (Phi) is 14.0. The standard InChI is InChI=1S/C24H40O6/c1-3-5-6-7-8-9-10-11-12-13-14-15-17-19(16-4-2)29-18-20(25)23-21(26)22(27)24(28)30-23/h8-9,11-12,19-20,23,25-27H,3-7,10,13-18H2,1-2H3/b9-8-,12-11-/t19?,20-,23+/m0/s1. The number of carbonyl (C=O) groups excluding carboxylic acids is 1. The first kappa shape index (κ1) is 26.2. The Morgan fingerprint density at radius 3 is 2.20 bits per heavy atom. The van der Waals surface area contributed by atoms with Crippen LogP contribution in [0.5, 0.6) is 0 Å². The summed E-state index contributed by atoms with van der Waals surface area (Å²) >= 11 is 0. The van der Waals surface area contributed by atoms with Crippen molar-refractivity contribution in [3.8, 4) is 0 Å². The maximum Gasteiger partial charge on any atom is 0.377 e. The third-order valence-corrected chi connectivity index (χ3v) is 5.13. The fourth-order valence-electron chi connectivity index (χ4n) is 3.34. The molecule has 0 bridgehead atoms. The van der Waals surface area contributed by atoms with Gasteiger partial charge in [0.05, 0.1) is 12.7 Å². The second kappa shape index (κ2) is 16.0. The smallest absolute Gasteiger partial charge is 0.377 e. The van der Waals surface area contributed by atoms with Crippen molar-refractivity contribution in [3.05, 3.63) is 35.8 Å². The van der Waals surface area contributed by atoms with Crippen LogP contribution < -0.4 is 0 Å². The number of unbranched alkanes of at least 4 members (excludes halogenated alkanes) is 5. The van der Waals surface area contributed by atoms with E-state index in [1.54, 1.807) is 0 Å². The van der Waals surface area contributed by atoms with Crippen molar-refractivity contribution < 1.29 is 29.6 Å². The van der Waals surface area contributed by atoms with Crippen LogP contribution in [0.25, 0.3) is 0 Å². The van der Waals surface area contributed by atoms with Crippen molar-refractivity contribution in [2.45, 2.75) is 103 Å². The molecule has 1 heterocycles. The Labute approximate surface area is 181 Å². The minimum atomic E-state index is -1.26. The van der Waals surface area contributed by atoms with E-state index in [0.29, 0.717) is 0 Å². The second-order valence-corrected chi connectivity index (χ2v) is 7.83. The lowest BCUT2D eigenvalue weighted by molar-refractivity contribution is -0.149. The monoisotopic (exact) mass is 424 g/mol. The van der Waals surface area contributed by atoms with Crippen LogP contribution in [-0.4, -0.2) is 46.2 Å². The van der Waals surface area contributed by atoms with E-state index < -0.39 is 29.7 Å². The van der Waals surface area contributed by atoms with Gasteiger partial charge < -0.3 is 24.8 Å². The van der Waals surface area contributed by atoms with E-state index in [1.807, 2.05) is 0 Å². The van der Waals surface area contributed by atoms with Crippen molar-refractivity contribution in [2.75, 3.05) is 6.61 Å². The molecule has 0 fully saturated rings. The van der Waals surface area contributed by atoms with E-state index in [1.165, 1.54) is 25.7 Å². The first-order valence-corrected chi connectivity index (χ1v) is 11.4. The van der Waals surface area contributed by atoms with Crippen LogP contribution in [0.1, 0.15) is 84.5 Å². The Morgan fingerprint density at radius 1 is 0.967 bits per heavy atom.